The van der Waals surface area contributed by atoms with Gasteiger partial charge in [-0.3, -0.25) is 4.90 Å². The first-order chi connectivity index (χ1) is 12.0. The first kappa shape index (κ1) is 17.3. The average Bonchev–Trinajstić information content (AvgIpc) is 2.62. The monoisotopic (exact) mass is 345 g/mol. The molecule has 6 heteroatoms. The number of benzene rings is 2. The largest absolute Gasteiger partial charge is 0.416 e. The predicted octanol–water partition coefficient (Wildman–Crippen LogP) is 3.90. The van der Waals surface area contributed by atoms with Crippen LogP contribution in [0.4, 0.5) is 18.9 Å². The Bertz CT molecular complexity index is 772. The molecule has 0 bridgehead atoms. The Hall–Kier alpha value is -2.52. The number of rotatable bonds is 3. The van der Waals surface area contributed by atoms with Gasteiger partial charge < -0.3 is 4.90 Å². The fourth-order valence-corrected chi connectivity index (χ4v) is 3.05. The molecule has 3 rings (SSSR count). The van der Waals surface area contributed by atoms with Gasteiger partial charge in [0.2, 0.25) is 0 Å². The first-order valence-electron chi connectivity index (χ1n) is 8.10. The molecule has 0 radical (unpaired) electrons. The quantitative estimate of drug-likeness (QED) is 0.845. The Morgan fingerprint density at radius 1 is 0.960 bits per heavy atom. The molecule has 1 aliphatic rings. The van der Waals surface area contributed by atoms with E-state index in [0.717, 1.165) is 24.7 Å². The molecule has 0 N–H and O–H groups in total. The number of nitrogens with zero attached hydrogens (tertiary/aromatic N) is 3. The van der Waals surface area contributed by atoms with Crippen molar-refractivity contribution < 1.29 is 13.2 Å². The number of hydrogen-bond acceptors (Lipinski definition) is 3. The van der Waals surface area contributed by atoms with Crippen molar-refractivity contribution in [3.05, 3.63) is 65.2 Å². The second kappa shape index (κ2) is 7.16. The maximum absolute atomic E-state index is 12.9. The van der Waals surface area contributed by atoms with E-state index in [-0.39, 0.29) is 0 Å². The van der Waals surface area contributed by atoms with Crippen LogP contribution in [0.2, 0.25) is 0 Å². The Morgan fingerprint density at radius 3 is 2.36 bits per heavy atom. The molecule has 1 aliphatic heterocycles. The van der Waals surface area contributed by atoms with E-state index in [1.54, 1.807) is 12.1 Å². The number of piperazine rings is 1. The number of halogens is 3. The van der Waals surface area contributed by atoms with E-state index in [1.165, 1.54) is 12.1 Å². The molecule has 0 aromatic heterocycles. The topological polar surface area (TPSA) is 30.3 Å². The van der Waals surface area contributed by atoms with E-state index >= 15 is 0 Å². The zero-order chi connectivity index (χ0) is 17.9. The molecule has 0 aliphatic carbocycles. The lowest BCUT2D eigenvalue weighted by Gasteiger charge is -2.36. The van der Waals surface area contributed by atoms with Gasteiger partial charge in [-0.15, -0.1) is 0 Å². The van der Waals surface area contributed by atoms with Crippen LogP contribution in [0.3, 0.4) is 0 Å². The molecule has 3 nitrogen and oxygen atoms in total. The molecule has 0 atom stereocenters. The molecule has 0 spiro atoms. The summed E-state index contributed by atoms with van der Waals surface area (Å²) >= 11 is 0. The smallest absolute Gasteiger partial charge is 0.369 e. The van der Waals surface area contributed by atoms with Crippen molar-refractivity contribution in [2.45, 2.75) is 12.7 Å². The summed E-state index contributed by atoms with van der Waals surface area (Å²) in [5, 5.41) is 9.16. The molecule has 0 unspecified atom stereocenters. The fourth-order valence-electron chi connectivity index (χ4n) is 3.05. The lowest BCUT2D eigenvalue weighted by molar-refractivity contribution is -0.137. The maximum atomic E-state index is 12.9. The van der Waals surface area contributed by atoms with Crippen LogP contribution in [0.5, 0.6) is 0 Å². The highest BCUT2D eigenvalue weighted by molar-refractivity contribution is 5.49. The molecular formula is C19H18F3N3. The van der Waals surface area contributed by atoms with E-state index in [2.05, 4.69) is 11.0 Å². The SMILES string of the molecule is N#Cc1ccccc1CN1CCN(c2cccc(C(F)(F)F)c2)CC1. The molecule has 130 valence electrons. The molecule has 2 aromatic rings. The average molecular weight is 345 g/mol. The molecule has 2 aromatic carbocycles. The molecule has 25 heavy (non-hydrogen) atoms. The second-order valence-electron chi connectivity index (χ2n) is 6.08. The predicted molar refractivity (Wildman–Crippen MR) is 90.1 cm³/mol. The van der Waals surface area contributed by atoms with Crippen molar-refractivity contribution in [2.24, 2.45) is 0 Å². The van der Waals surface area contributed by atoms with Gasteiger partial charge in [0.1, 0.15) is 0 Å². The van der Waals surface area contributed by atoms with Crippen LogP contribution in [0.15, 0.2) is 48.5 Å². The number of hydrogen-bond donors (Lipinski definition) is 0. The van der Waals surface area contributed by atoms with Crippen molar-refractivity contribution in [3.63, 3.8) is 0 Å². The molecular weight excluding hydrogens is 327 g/mol. The summed E-state index contributed by atoms with van der Waals surface area (Å²) in [7, 11) is 0. The minimum absolute atomic E-state index is 0.604. The zero-order valence-electron chi connectivity index (χ0n) is 13.6. The molecule has 1 fully saturated rings. The van der Waals surface area contributed by atoms with Crippen LogP contribution in [-0.2, 0) is 12.7 Å². The third-order valence-electron chi connectivity index (χ3n) is 4.44. The summed E-state index contributed by atoms with van der Waals surface area (Å²) in [5.41, 5.74) is 1.64. The highest BCUT2D eigenvalue weighted by Crippen LogP contribution is 2.31. The fraction of sp³-hybridized carbons (Fsp3) is 0.316. The van der Waals surface area contributed by atoms with E-state index in [1.807, 2.05) is 23.1 Å². The van der Waals surface area contributed by atoms with Crippen LogP contribution >= 0.6 is 0 Å². The van der Waals surface area contributed by atoms with Gasteiger partial charge in [0.05, 0.1) is 17.2 Å². The van der Waals surface area contributed by atoms with Crippen molar-refractivity contribution >= 4 is 5.69 Å². The van der Waals surface area contributed by atoms with Gasteiger partial charge in [0, 0.05) is 38.4 Å². The Labute approximate surface area is 144 Å². The summed E-state index contributed by atoms with van der Waals surface area (Å²) < 4.78 is 38.6. The second-order valence-corrected chi connectivity index (χ2v) is 6.08. The number of nitriles is 1. The number of alkyl halides is 3. The summed E-state index contributed by atoms with van der Waals surface area (Å²) in [6.45, 7) is 3.50. The van der Waals surface area contributed by atoms with Gasteiger partial charge in [-0.2, -0.15) is 18.4 Å². The highest BCUT2D eigenvalue weighted by atomic mass is 19.4. The summed E-state index contributed by atoms with van der Waals surface area (Å²) in [6, 6.07) is 15.2. The molecule has 0 saturated carbocycles. The van der Waals surface area contributed by atoms with Gasteiger partial charge in [-0.05, 0) is 29.8 Å². The standard InChI is InChI=1S/C19H18F3N3/c20-19(21,22)17-6-3-7-18(12-17)25-10-8-24(9-11-25)14-16-5-2-1-4-15(16)13-23/h1-7,12H,8-11,14H2. The minimum Gasteiger partial charge on any atom is -0.369 e. The summed E-state index contributed by atoms with van der Waals surface area (Å²) in [6.07, 6.45) is -4.32. The number of anilines is 1. The summed E-state index contributed by atoms with van der Waals surface area (Å²) in [4.78, 5) is 4.20. The third kappa shape index (κ3) is 4.12. The Balaban J connectivity index is 1.64. The van der Waals surface area contributed by atoms with Gasteiger partial charge >= 0.3 is 6.18 Å². The lowest BCUT2D eigenvalue weighted by atomic mass is 10.1. The van der Waals surface area contributed by atoms with Gasteiger partial charge in [0.25, 0.3) is 0 Å². The molecule has 1 heterocycles. The molecule has 0 amide bonds. The van der Waals surface area contributed by atoms with Crippen molar-refractivity contribution in [1.29, 1.82) is 5.26 Å². The lowest BCUT2D eigenvalue weighted by Crippen LogP contribution is -2.46. The van der Waals surface area contributed by atoms with Gasteiger partial charge in [-0.25, -0.2) is 0 Å². The highest BCUT2D eigenvalue weighted by Gasteiger charge is 2.31. The van der Waals surface area contributed by atoms with Crippen LogP contribution in [-0.4, -0.2) is 31.1 Å². The van der Waals surface area contributed by atoms with Gasteiger partial charge in [0.15, 0.2) is 0 Å². The minimum atomic E-state index is -4.32. The molecule has 1 saturated heterocycles. The van der Waals surface area contributed by atoms with Crippen molar-refractivity contribution in [3.8, 4) is 6.07 Å². The van der Waals surface area contributed by atoms with E-state index < -0.39 is 11.7 Å². The van der Waals surface area contributed by atoms with E-state index in [0.29, 0.717) is 30.9 Å². The Morgan fingerprint density at radius 2 is 1.68 bits per heavy atom. The van der Waals surface area contributed by atoms with Gasteiger partial charge in [-0.1, -0.05) is 24.3 Å². The van der Waals surface area contributed by atoms with Crippen LogP contribution < -0.4 is 4.90 Å². The van der Waals surface area contributed by atoms with Crippen LogP contribution in [0, 0.1) is 11.3 Å². The van der Waals surface area contributed by atoms with Crippen LogP contribution in [0.25, 0.3) is 0 Å². The van der Waals surface area contributed by atoms with Crippen LogP contribution in [0.1, 0.15) is 16.7 Å². The summed E-state index contributed by atoms with van der Waals surface area (Å²) in [5.74, 6) is 0. The zero-order valence-corrected chi connectivity index (χ0v) is 13.6. The van der Waals surface area contributed by atoms with E-state index in [9.17, 15) is 13.2 Å². The first-order valence-corrected chi connectivity index (χ1v) is 8.10. The van der Waals surface area contributed by atoms with Crippen molar-refractivity contribution in [1.82, 2.24) is 4.90 Å². The Kier molecular flexibility index (Phi) is 4.95. The van der Waals surface area contributed by atoms with E-state index in [4.69, 9.17) is 5.26 Å². The normalized spacial score (nSPS) is 15.8. The van der Waals surface area contributed by atoms with Crippen molar-refractivity contribution in [2.75, 3.05) is 31.1 Å². The third-order valence-corrected chi connectivity index (χ3v) is 4.44. The maximum Gasteiger partial charge on any atom is 0.416 e.